The average Bonchev–Trinajstić information content (AvgIpc) is 2.83. The maximum Gasteiger partial charge on any atom is 0.336 e. The van der Waals surface area contributed by atoms with E-state index in [4.69, 9.17) is 9.47 Å². The second-order valence-electron chi connectivity index (χ2n) is 7.59. The van der Waals surface area contributed by atoms with Crippen LogP contribution in [0.3, 0.4) is 0 Å². The van der Waals surface area contributed by atoms with E-state index in [1.54, 1.807) is 12.1 Å². The van der Waals surface area contributed by atoms with Crippen LogP contribution in [-0.4, -0.2) is 24.5 Å². The molecule has 0 aromatic heterocycles. The third-order valence-corrected chi connectivity index (χ3v) is 6.25. The summed E-state index contributed by atoms with van der Waals surface area (Å²) in [6.45, 7) is 2.44. The monoisotopic (exact) mass is 616 g/mol. The van der Waals surface area contributed by atoms with Gasteiger partial charge in [-0.15, -0.1) is 0 Å². The van der Waals surface area contributed by atoms with E-state index < -0.39 is 23.7 Å². The lowest BCUT2D eigenvalue weighted by Crippen LogP contribution is -2.54. The molecule has 184 valence electrons. The van der Waals surface area contributed by atoms with Crippen LogP contribution < -0.4 is 19.7 Å². The smallest absolute Gasteiger partial charge is 0.336 e. The minimum Gasteiger partial charge on any atom is -0.490 e. The number of para-hydroxylation sites is 1. The second kappa shape index (κ2) is 11.0. The van der Waals surface area contributed by atoms with Gasteiger partial charge in [-0.2, -0.15) is 0 Å². The number of urea groups is 1. The van der Waals surface area contributed by atoms with Gasteiger partial charge in [-0.05, 0) is 76.5 Å². The van der Waals surface area contributed by atoms with Crippen LogP contribution in [0, 0.1) is 5.82 Å². The number of nitrogens with one attached hydrogen (secondary N) is 1. The summed E-state index contributed by atoms with van der Waals surface area (Å²) in [7, 11) is 0. The van der Waals surface area contributed by atoms with Gasteiger partial charge in [0.15, 0.2) is 11.5 Å². The number of barbiturate groups is 1. The van der Waals surface area contributed by atoms with Gasteiger partial charge in [0, 0.05) is 4.47 Å². The predicted molar refractivity (Wildman–Crippen MR) is 139 cm³/mol. The van der Waals surface area contributed by atoms with Gasteiger partial charge in [0.05, 0.1) is 16.8 Å². The lowest BCUT2D eigenvalue weighted by atomic mass is 10.1. The van der Waals surface area contributed by atoms with E-state index in [1.165, 1.54) is 24.3 Å². The molecule has 0 radical (unpaired) electrons. The molecule has 1 aliphatic rings. The van der Waals surface area contributed by atoms with Crippen molar-refractivity contribution in [3.05, 3.63) is 92.1 Å². The molecule has 1 saturated heterocycles. The zero-order valence-corrected chi connectivity index (χ0v) is 22.1. The zero-order valence-electron chi connectivity index (χ0n) is 18.9. The highest BCUT2D eigenvalue weighted by Crippen LogP contribution is 2.38. The Morgan fingerprint density at radius 2 is 1.72 bits per heavy atom. The summed E-state index contributed by atoms with van der Waals surface area (Å²) in [6, 6.07) is 15.2. The summed E-state index contributed by atoms with van der Waals surface area (Å²) in [4.78, 5) is 38.5. The van der Waals surface area contributed by atoms with E-state index in [1.807, 2.05) is 31.2 Å². The van der Waals surface area contributed by atoms with Gasteiger partial charge >= 0.3 is 6.03 Å². The molecule has 0 unspecified atom stereocenters. The Labute approximate surface area is 223 Å². The Morgan fingerprint density at radius 3 is 2.42 bits per heavy atom. The first-order valence-corrected chi connectivity index (χ1v) is 12.4. The number of carbonyl (C=O) groups is 3. The van der Waals surface area contributed by atoms with Crippen LogP contribution in [0.4, 0.5) is 14.9 Å². The molecule has 7 nitrogen and oxygen atoms in total. The topological polar surface area (TPSA) is 84.9 Å². The average molecular weight is 618 g/mol. The second-order valence-corrected chi connectivity index (χ2v) is 9.36. The van der Waals surface area contributed by atoms with Crippen LogP contribution in [0.5, 0.6) is 11.5 Å². The molecule has 0 spiro atoms. The maximum absolute atomic E-state index is 14.3. The van der Waals surface area contributed by atoms with E-state index in [2.05, 4.69) is 37.2 Å². The maximum atomic E-state index is 14.3. The molecule has 1 aliphatic heterocycles. The fourth-order valence-corrected chi connectivity index (χ4v) is 4.32. The van der Waals surface area contributed by atoms with Crippen LogP contribution in [0.25, 0.3) is 6.08 Å². The summed E-state index contributed by atoms with van der Waals surface area (Å²) >= 11 is 6.87. The van der Waals surface area contributed by atoms with E-state index in [-0.39, 0.29) is 17.9 Å². The van der Waals surface area contributed by atoms with Gasteiger partial charge in [-0.3, -0.25) is 14.9 Å². The number of anilines is 1. The summed E-state index contributed by atoms with van der Waals surface area (Å²) in [5.74, 6) is -1.77. The molecular weight excluding hydrogens is 599 g/mol. The molecule has 10 heteroatoms. The largest absolute Gasteiger partial charge is 0.490 e. The normalized spacial score (nSPS) is 14.7. The van der Waals surface area contributed by atoms with Crippen LogP contribution >= 0.6 is 31.9 Å². The van der Waals surface area contributed by atoms with Crippen molar-refractivity contribution in [2.45, 2.75) is 13.5 Å². The highest BCUT2D eigenvalue weighted by Gasteiger charge is 2.38. The third kappa shape index (κ3) is 5.50. The van der Waals surface area contributed by atoms with Crippen LogP contribution in [0.15, 0.2) is 75.2 Å². The summed E-state index contributed by atoms with van der Waals surface area (Å²) in [6.07, 6.45) is 1.31. The van der Waals surface area contributed by atoms with Crippen molar-refractivity contribution in [1.29, 1.82) is 0 Å². The molecule has 3 aromatic carbocycles. The number of carbonyl (C=O) groups excluding carboxylic acids is 3. The van der Waals surface area contributed by atoms with E-state index in [0.29, 0.717) is 33.0 Å². The van der Waals surface area contributed by atoms with Crippen LogP contribution in [-0.2, 0) is 16.2 Å². The first-order chi connectivity index (χ1) is 17.3. The fraction of sp³-hybridized carbons (Fsp3) is 0.115. The molecule has 4 rings (SSSR count). The quantitative estimate of drug-likeness (QED) is 0.260. The number of benzene rings is 3. The number of halogens is 3. The minimum atomic E-state index is -1.03. The molecule has 1 heterocycles. The lowest BCUT2D eigenvalue weighted by Gasteiger charge is -2.26. The predicted octanol–water partition coefficient (Wildman–Crippen LogP) is 5.99. The van der Waals surface area contributed by atoms with Crippen molar-refractivity contribution >= 4 is 61.5 Å². The molecule has 1 fully saturated rings. The van der Waals surface area contributed by atoms with Gasteiger partial charge in [0.25, 0.3) is 11.8 Å². The first-order valence-electron chi connectivity index (χ1n) is 10.8. The van der Waals surface area contributed by atoms with E-state index in [9.17, 15) is 18.8 Å². The Bertz CT molecular complexity index is 1380. The zero-order chi connectivity index (χ0) is 25.8. The molecule has 0 aliphatic carbocycles. The molecule has 3 aromatic rings. The number of amides is 4. The lowest BCUT2D eigenvalue weighted by molar-refractivity contribution is -0.122. The highest BCUT2D eigenvalue weighted by molar-refractivity contribution is 9.10. The van der Waals surface area contributed by atoms with Gasteiger partial charge in [0.2, 0.25) is 0 Å². The first kappa shape index (κ1) is 25.6. The van der Waals surface area contributed by atoms with Crippen molar-refractivity contribution in [1.82, 2.24) is 5.32 Å². The van der Waals surface area contributed by atoms with Gasteiger partial charge < -0.3 is 9.47 Å². The molecule has 36 heavy (non-hydrogen) atoms. The Morgan fingerprint density at radius 1 is 1.00 bits per heavy atom. The van der Waals surface area contributed by atoms with Crippen molar-refractivity contribution in [2.75, 3.05) is 11.5 Å². The fourth-order valence-electron chi connectivity index (χ4n) is 3.49. The van der Waals surface area contributed by atoms with Gasteiger partial charge in [0.1, 0.15) is 18.0 Å². The molecule has 1 N–H and O–H groups in total. The number of hydrogen-bond donors (Lipinski definition) is 1. The minimum absolute atomic E-state index is 0.258. The standard InChI is InChI=1S/C26H19Br2FN2O5/c1-2-35-22-13-16(12-19(28)23(22)36-14-15-7-9-17(27)10-8-15)11-18-24(32)30-26(34)31(25(18)33)21-6-4-3-5-20(21)29/h3-13H,2,14H2,1H3,(H,30,32,34)/b18-11-. The van der Waals surface area contributed by atoms with Gasteiger partial charge in [-0.1, -0.05) is 40.2 Å². The van der Waals surface area contributed by atoms with Crippen molar-refractivity contribution in [2.24, 2.45) is 0 Å². The molecular formula is C26H19Br2FN2O5. The molecule has 0 atom stereocenters. The number of imide groups is 2. The van der Waals surface area contributed by atoms with Crippen LogP contribution in [0.2, 0.25) is 0 Å². The number of hydrogen-bond acceptors (Lipinski definition) is 5. The van der Waals surface area contributed by atoms with Crippen LogP contribution in [0.1, 0.15) is 18.1 Å². The summed E-state index contributed by atoms with van der Waals surface area (Å²) < 4.78 is 27.5. The summed E-state index contributed by atoms with van der Waals surface area (Å²) in [5, 5.41) is 2.09. The Balaban J connectivity index is 1.66. The van der Waals surface area contributed by atoms with E-state index in [0.717, 1.165) is 16.1 Å². The third-order valence-electron chi connectivity index (χ3n) is 5.13. The molecule has 0 saturated carbocycles. The van der Waals surface area contributed by atoms with Crippen molar-refractivity contribution < 1.29 is 28.2 Å². The van der Waals surface area contributed by atoms with E-state index >= 15 is 0 Å². The highest BCUT2D eigenvalue weighted by atomic mass is 79.9. The van der Waals surface area contributed by atoms with Crippen molar-refractivity contribution in [3.8, 4) is 11.5 Å². The van der Waals surface area contributed by atoms with Gasteiger partial charge in [-0.25, -0.2) is 14.1 Å². The molecule has 4 amide bonds. The number of ether oxygens (including phenoxy) is 2. The Hall–Kier alpha value is -3.50. The van der Waals surface area contributed by atoms with Crippen molar-refractivity contribution in [3.63, 3.8) is 0 Å². The SMILES string of the molecule is CCOc1cc(/C=C2/C(=O)NC(=O)N(c3ccccc3F)C2=O)cc(Br)c1OCc1ccc(Br)cc1. The summed E-state index contributed by atoms with van der Waals surface area (Å²) in [5.41, 5.74) is 0.783. The Kier molecular flexibility index (Phi) is 7.85. The number of nitrogens with zero attached hydrogens (tertiary/aromatic N) is 1. The molecule has 0 bridgehead atoms. The number of rotatable bonds is 7.